The van der Waals surface area contributed by atoms with Gasteiger partial charge in [0.1, 0.15) is 0 Å². The van der Waals surface area contributed by atoms with Crippen molar-refractivity contribution in [1.82, 2.24) is 4.90 Å². The zero-order valence-electron chi connectivity index (χ0n) is 13.5. The number of ether oxygens (including phenoxy) is 1. The molecule has 3 rings (SSSR count). The molecule has 1 spiro atoms. The van der Waals surface area contributed by atoms with Crippen LogP contribution in [-0.4, -0.2) is 51.8 Å². The van der Waals surface area contributed by atoms with Crippen molar-refractivity contribution in [3.05, 3.63) is 29.8 Å². The molecule has 2 heterocycles. The van der Waals surface area contributed by atoms with Crippen molar-refractivity contribution in [3.63, 3.8) is 0 Å². The lowest BCUT2D eigenvalue weighted by atomic mass is 9.79. The van der Waals surface area contributed by atoms with Gasteiger partial charge in [0, 0.05) is 31.4 Å². The third kappa shape index (κ3) is 3.75. The van der Waals surface area contributed by atoms with E-state index in [9.17, 15) is 13.2 Å². The average Bonchev–Trinajstić information content (AvgIpc) is 2.94. The van der Waals surface area contributed by atoms with Crippen LogP contribution in [0.2, 0.25) is 0 Å². The molecule has 23 heavy (non-hydrogen) atoms. The molecule has 2 aliphatic rings. The summed E-state index contributed by atoms with van der Waals surface area (Å²) in [5, 5.41) is 0. The molecule has 0 aromatic heterocycles. The summed E-state index contributed by atoms with van der Waals surface area (Å²) in [4.78, 5) is 14.8. The van der Waals surface area contributed by atoms with Gasteiger partial charge in [-0.3, -0.25) is 4.79 Å². The number of hydrogen-bond donors (Lipinski definition) is 0. The molecule has 1 atom stereocenters. The Morgan fingerprint density at radius 2 is 2.00 bits per heavy atom. The number of hydrogen-bond acceptors (Lipinski definition) is 4. The maximum absolute atomic E-state index is 12.6. The summed E-state index contributed by atoms with van der Waals surface area (Å²) < 4.78 is 28.5. The molecule has 2 aliphatic heterocycles. The van der Waals surface area contributed by atoms with Crippen molar-refractivity contribution >= 4 is 15.7 Å². The fourth-order valence-electron chi connectivity index (χ4n) is 3.53. The van der Waals surface area contributed by atoms with E-state index in [1.54, 1.807) is 24.3 Å². The normalized spacial score (nSPS) is 25.0. The number of benzene rings is 1. The van der Waals surface area contributed by atoms with E-state index in [0.29, 0.717) is 6.42 Å². The molecule has 0 N–H and O–H groups in total. The molecule has 5 nitrogen and oxygen atoms in total. The molecule has 126 valence electrons. The van der Waals surface area contributed by atoms with Gasteiger partial charge in [0.2, 0.25) is 5.91 Å². The van der Waals surface area contributed by atoms with Gasteiger partial charge in [-0.25, -0.2) is 8.42 Å². The van der Waals surface area contributed by atoms with E-state index in [4.69, 9.17) is 4.74 Å². The van der Waals surface area contributed by atoms with Gasteiger partial charge >= 0.3 is 0 Å². The molecular formula is C17H23NO4S. The molecule has 1 aromatic rings. The first-order valence-corrected chi connectivity index (χ1v) is 9.92. The van der Waals surface area contributed by atoms with Gasteiger partial charge in [-0.2, -0.15) is 0 Å². The van der Waals surface area contributed by atoms with Crippen LogP contribution < -0.4 is 0 Å². The Morgan fingerprint density at radius 3 is 2.61 bits per heavy atom. The molecule has 6 heteroatoms. The minimum atomic E-state index is -3.19. The Morgan fingerprint density at radius 1 is 1.26 bits per heavy atom. The Bertz CT molecular complexity index is 675. The highest BCUT2D eigenvalue weighted by Gasteiger charge is 2.40. The van der Waals surface area contributed by atoms with Crippen molar-refractivity contribution in [1.29, 1.82) is 0 Å². The largest absolute Gasteiger partial charge is 0.381 e. The SMILES string of the molecule is CS(=O)(=O)c1ccc(CC(=O)N2CCC[C@]3(CCOC3)C2)cc1. The second kappa shape index (κ2) is 6.24. The number of nitrogens with zero attached hydrogens (tertiary/aromatic N) is 1. The van der Waals surface area contributed by atoms with Gasteiger partial charge in [-0.1, -0.05) is 12.1 Å². The number of carbonyl (C=O) groups is 1. The third-order valence-corrected chi connectivity index (χ3v) is 6.03. The second-order valence-electron chi connectivity index (χ2n) is 6.81. The molecule has 2 fully saturated rings. The smallest absolute Gasteiger partial charge is 0.227 e. The minimum Gasteiger partial charge on any atom is -0.381 e. The van der Waals surface area contributed by atoms with Crippen molar-refractivity contribution < 1.29 is 17.9 Å². The van der Waals surface area contributed by atoms with Crippen molar-refractivity contribution in [2.45, 2.75) is 30.6 Å². The van der Waals surface area contributed by atoms with Gasteiger partial charge in [-0.15, -0.1) is 0 Å². The minimum absolute atomic E-state index is 0.114. The van der Waals surface area contributed by atoms with E-state index < -0.39 is 9.84 Å². The fourth-order valence-corrected chi connectivity index (χ4v) is 4.16. The molecule has 2 saturated heterocycles. The van der Waals surface area contributed by atoms with E-state index in [1.807, 2.05) is 4.90 Å². The highest BCUT2D eigenvalue weighted by atomic mass is 32.2. The average molecular weight is 337 g/mol. The Balaban J connectivity index is 1.64. The van der Waals surface area contributed by atoms with E-state index in [0.717, 1.165) is 51.1 Å². The van der Waals surface area contributed by atoms with Crippen LogP contribution in [0.3, 0.4) is 0 Å². The van der Waals surface area contributed by atoms with Crippen LogP contribution in [0.25, 0.3) is 0 Å². The predicted octanol–water partition coefficient (Wildman–Crippen LogP) is 1.66. The molecular weight excluding hydrogens is 314 g/mol. The second-order valence-corrected chi connectivity index (χ2v) is 8.83. The summed E-state index contributed by atoms with van der Waals surface area (Å²) in [7, 11) is -3.19. The third-order valence-electron chi connectivity index (χ3n) is 4.91. The number of piperidine rings is 1. The molecule has 1 amide bonds. The lowest BCUT2D eigenvalue weighted by molar-refractivity contribution is -0.134. The number of rotatable bonds is 3. The fraction of sp³-hybridized carbons (Fsp3) is 0.588. The zero-order chi connectivity index (χ0) is 16.5. The van der Waals surface area contributed by atoms with Crippen LogP contribution in [0.1, 0.15) is 24.8 Å². The maximum atomic E-state index is 12.6. The predicted molar refractivity (Wildman–Crippen MR) is 86.9 cm³/mol. The van der Waals surface area contributed by atoms with Crippen LogP contribution >= 0.6 is 0 Å². The van der Waals surface area contributed by atoms with E-state index in [2.05, 4.69) is 0 Å². The zero-order valence-corrected chi connectivity index (χ0v) is 14.3. The standard InChI is InChI=1S/C17H23NO4S/c1-23(20,21)15-5-3-14(4-6-15)11-16(19)18-9-2-7-17(12-18)8-10-22-13-17/h3-6H,2,7-13H2,1H3/t17-/m0/s1. The Kier molecular flexibility index (Phi) is 4.47. The van der Waals surface area contributed by atoms with E-state index in [1.165, 1.54) is 6.26 Å². The van der Waals surface area contributed by atoms with Crippen molar-refractivity contribution in [3.8, 4) is 0 Å². The number of likely N-dealkylation sites (tertiary alicyclic amines) is 1. The van der Waals surface area contributed by atoms with E-state index in [-0.39, 0.29) is 16.2 Å². The van der Waals surface area contributed by atoms with E-state index >= 15 is 0 Å². The van der Waals surface area contributed by atoms with Crippen LogP contribution in [0, 0.1) is 5.41 Å². The lowest BCUT2D eigenvalue weighted by Gasteiger charge is -2.39. The number of sulfone groups is 1. The summed E-state index contributed by atoms with van der Waals surface area (Å²) in [5.74, 6) is 0.114. The topological polar surface area (TPSA) is 63.7 Å². The Hall–Kier alpha value is -1.40. The summed E-state index contributed by atoms with van der Waals surface area (Å²) in [6.07, 6.45) is 4.72. The van der Waals surface area contributed by atoms with Crippen LogP contribution in [0.4, 0.5) is 0 Å². The Labute approximate surface area is 137 Å². The van der Waals surface area contributed by atoms with Gasteiger partial charge in [0.05, 0.1) is 17.9 Å². The molecule has 0 aliphatic carbocycles. The highest BCUT2D eigenvalue weighted by Crippen LogP contribution is 2.37. The quantitative estimate of drug-likeness (QED) is 0.841. The summed E-state index contributed by atoms with van der Waals surface area (Å²) in [6.45, 7) is 3.16. The van der Waals surface area contributed by atoms with Gasteiger partial charge in [0.15, 0.2) is 9.84 Å². The maximum Gasteiger partial charge on any atom is 0.227 e. The lowest BCUT2D eigenvalue weighted by Crippen LogP contribution is -2.47. The summed E-state index contributed by atoms with van der Waals surface area (Å²) in [6, 6.07) is 6.60. The molecule has 0 saturated carbocycles. The van der Waals surface area contributed by atoms with Crippen molar-refractivity contribution in [2.24, 2.45) is 5.41 Å². The van der Waals surface area contributed by atoms with Crippen LogP contribution in [-0.2, 0) is 25.8 Å². The van der Waals surface area contributed by atoms with Gasteiger partial charge in [0.25, 0.3) is 0 Å². The highest BCUT2D eigenvalue weighted by molar-refractivity contribution is 7.90. The van der Waals surface area contributed by atoms with Gasteiger partial charge < -0.3 is 9.64 Å². The monoisotopic (exact) mass is 337 g/mol. The number of carbonyl (C=O) groups excluding carboxylic acids is 1. The summed E-state index contributed by atoms with van der Waals surface area (Å²) >= 11 is 0. The molecule has 0 radical (unpaired) electrons. The van der Waals surface area contributed by atoms with Crippen LogP contribution in [0.5, 0.6) is 0 Å². The summed E-state index contributed by atoms with van der Waals surface area (Å²) in [5.41, 5.74) is 1.01. The van der Waals surface area contributed by atoms with Gasteiger partial charge in [-0.05, 0) is 37.0 Å². The molecule has 0 bridgehead atoms. The van der Waals surface area contributed by atoms with Crippen molar-refractivity contribution in [2.75, 3.05) is 32.6 Å². The van der Waals surface area contributed by atoms with Crippen LogP contribution in [0.15, 0.2) is 29.2 Å². The first-order chi connectivity index (χ1) is 10.9. The molecule has 1 aromatic carbocycles. The first-order valence-electron chi connectivity index (χ1n) is 8.03. The first kappa shape index (κ1) is 16.5. The number of amides is 1. The molecule has 0 unspecified atom stereocenters.